The maximum absolute atomic E-state index is 5.59. The lowest BCUT2D eigenvalue weighted by atomic mass is 10.1. The van der Waals surface area contributed by atoms with Crippen LogP contribution in [0.25, 0.3) is 22.3 Å². The van der Waals surface area contributed by atoms with Crippen molar-refractivity contribution in [1.29, 1.82) is 0 Å². The molecule has 0 atom stereocenters. The molecule has 0 radical (unpaired) electrons. The summed E-state index contributed by atoms with van der Waals surface area (Å²) >= 11 is 0. The average molecular weight is 269 g/mol. The number of pyridine rings is 1. The molecular formula is C14H15N5O. The largest absolute Gasteiger partial charge is 0.477 e. The van der Waals surface area contributed by atoms with Gasteiger partial charge < -0.3 is 4.74 Å². The Morgan fingerprint density at radius 3 is 2.95 bits per heavy atom. The lowest BCUT2D eigenvalue weighted by molar-refractivity contribution is 0.328. The van der Waals surface area contributed by atoms with Crippen LogP contribution in [0.4, 0.5) is 0 Å². The minimum Gasteiger partial charge on any atom is -0.477 e. The highest BCUT2D eigenvalue weighted by atomic mass is 16.5. The molecule has 0 saturated heterocycles. The molecule has 6 heteroatoms. The number of hydrogen-bond donors (Lipinski definition) is 0. The van der Waals surface area contributed by atoms with Crippen LogP contribution in [0, 0.1) is 6.92 Å². The van der Waals surface area contributed by atoms with E-state index in [0.29, 0.717) is 18.3 Å². The normalized spacial score (nSPS) is 10.9. The molecule has 0 spiro atoms. The first-order valence-electron chi connectivity index (χ1n) is 6.45. The van der Waals surface area contributed by atoms with Gasteiger partial charge in [0.2, 0.25) is 5.88 Å². The van der Waals surface area contributed by atoms with E-state index < -0.39 is 0 Å². The zero-order chi connectivity index (χ0) is 14.1. The fourth-order valence-corrected chi connectivity index (χ4v) is 2.16. The van der Waals surface area contributed by atoms with Crippen molar-refractivity contribution < 1.29 is 4.74 Å². The summed E-state index contributed by atoms with van der Waals surface area (Å²) in [5, 5.41) is 5.15. The van der Waals surface area contributed by atoms with Gasteiger partial charge in [-0.2, -0.15) is 5.10 Å². The van der Waals surface area contributed by atoms with Crippen molar-refractivity contribution in [3.05, 3.63) is 30.4 Å². The number of aromatic nitrogens is 5. The van der Waals surface area contributed by atoms with E-state index in [0.717, 1.165) is 22.3 Å². The molecule has 0 aliphatic rings. The summed E-state index contributed by atoms with van der Waals surface area (Å²) in [6, 6.07) is 3.82. The predicted molar refractivity (Wildman–Crippen MR) is 75.4 cm³/mol. The highest BCUT2D eigenvalue weighted by molar-refractivity contribution is 5.91. The van der Waals surface area contributed by atoms with Crippen LogP contribution < -0.4 is 4.74 Å². The molecule has 3 aromatic rings. The zero-order valence-corrected chi connectivity index (χ0v) is 11.7. The number of fused-ring (bicyclic) bond motifs is 1. The second-order valence-corrected chi connectivity index (χ2v) is 4.41. The highest BCUT2D eigenvalue weighted by Gasteiger charge is 2.15. The maximum Gasteiger partial charge on any atom is 0.222 e. The highest BCUT2D eigenvalue weighted by Crippen LogP contribution is 2.31. The van der Waals surface area contributed by atoms with E-state index in [1.807, 2.05) is 33.0 Å². The summed E-state index contributed by atoms with van der Waals surface area (Å²) in [7, 11) is 1.87. The van der Waals surface area contributed by atoms with Gasteiger partial charge in [-0.1, -0.05) is 0 Å². The quantitative estimate of drug-likeness (QED) is 0.728. The summed E-state index contributed by atoms with van der Waals surface area (Å²) in [5.74, 6) is 1.28. The van der Waals surface area contributed by atoms with Gasteiger partial charge in [0.15, 0.2) is 5.65 Å². The van der Waals surface area contributed by atoms with Gasteiger partial charge in [0.1, 0.15) is 5.82 Å². The van der Waals surface area contributed by atoms with Crippen molar-refractivity contribution in [1.82, 2.24) is 24.7 Å². The van der Waals surface area contributed by atoms with Gasteiger partial charge in [-0.15, -0.1) is 0 Å². The third-order valence-electron chi connectivity index (χ3n) is 3.01. The first kappa shape index (κ1) is 12.5. The Morgan fingerprint density at radius 1 is 1.30 bits per heavy atom. The van der Waals surface area contributed by atoms with Crippen molar-refractivity contribution in [2.45, 2.75) is 13.8 Å². The van der Waals surface area contributed by atoms with Gasteiger partial charge >= 0.3 is 0 Å². The van der Waals surface area contributed by atoms with Gasteiger partial charge in [0.25, 0.3) is 0 Å². The summed E-state index contributed by atoms with van der Waals surface area (Å²) in [4.78, 5) is 13.2. The third kappa shape index (κ3) is 1.99. The smallest absolute Gasteiger partial charge is 0.222 e. The maximum atomic E-state index is 5.59. The lowest BCUT2D eigenvalue weighted by Crippen LogP contribution is -2.00. The van der Waals surface area contributed by atoms with Gasteiger partial charge in [-0.05, 0) is 26.0 Å². The van der Waals surface area contributed by atoms with E-state index in [-0.39, 0.29) is 0 Å². The second kappa shape index (κ2) is 4.88. The summed E-state index contributed by atoms with van der Waals surface area (Å²) in [6.07, 6.45) is 3.48. The van der Waals surface area contributed by atoms with Gasteiger partial charge in [-0.25, -0.2) is 15.0 Å². The van der Waals surface area contributed by atoms with Crippen LogP contribution in [-0.2, 0) is 7.05 Å². The number of rotatable bonds is 3. The Balaban J connectivity index is 2.29. The number of aryl methyl sites for hydroxylation is 2. The summed E-state index contributed by atoms with van der Waals surface area (Å²) in [5.41, 5.74) is 2.47. The molecular weight excluding hydrogens is 254 g/mol. The molecule has 0 amide bonds. The molecule has 0 aromatic carbocycles. The second-order valence-electron chi connectivity index (χ2n) is 4.41. The lowest BCUT2D eigenvalue weighted by Gasteiger charge is -2.09. The fraction of sp³-hybridized carbons (Fsp3) is 0.286. The average Bonchev–Trinajstić information content (AvgIpc) is 2.81. The van der Waals surface area contributed by atoms with Crippen molar-refractivity contribution in [3.63, 3.8) is 0 Å². The monoisotopic (exact) mass is 269 g/mol. The minimum absolute atomic E-state index is 0.560. The van der Waals surface area contributed by atoms with Gasteiger partial charge in [-0.3, -0.25) is 4.68 Å². The zero-order valence-electron chi connectivity index (χ0n) is 11.7. The molecule has 3 rings (SSSR count). The number of hydrogen-bond acceptors (Lipinski definition) is 5. The molecule has 0 N–H and O–H groups in total. The molecule has 6 nitrogen and oxygen atoms in total. The number of ether oxygens (including phenoxy) is 1. The van der Waals surface area contributed by atoms with E-state index in [9.17, 15) is 0 Å². The van der Waals surface area contributed by atoms with E-state index in [1.165, 1.54) is 0 Å². The van der Waals surface area contributed by atoms with E-state index in [1.54, 1.807) is 17.1 Å². The van der Waals surface area contributed by atoms with Crippen molar-refractivity contribution >= 4 is 11.0 Å². The van der Waals surface area contributed by atoms with Crippen LogP contribution in [-0.4, -0.2) is 31.3 Å². The minimum atomic E-state index is 0.560. The molecule has 0 unspecified atom stereocenters. The first-order chi connectivity index (χ1) is 9.70. The Morgan fingerprint density at radius 2 is 2.15 bits per heavy atom. The SMILES string of the molecule is CCOc1ncccc1-c1nc(C)nc2c1cnn2C. The molecule has 0 aliphatic heterocycles. The van der Waals surface area contributed by atoms with Gasteiger partial charge in [0, 0.05) is 13.2 Å². The van der Waals surface area contributed by atoms with Crippen molar-refractivity contribution in [2.24, 2.45) is 7.05 Å². The van der Waals surface area contributed by atoms with Crippen LogP contribution in [0.1, 0.15) is 12.7 Å². The molecule has 0 fully saturated rings. The third-order valence-corrected chi connectivity index (χ3v) is 3.01. The molecule has 3 aromatic heterocycles. The van der Waals surface area contributed by atoms with Gasteiger partial charge in [0.05, 0.1) is 29.4 Å². The molecule has 0 saturated carbocycles. The Labute approximate surface area is 116 Å². The standard InChI is InChI=1S/C14H15N5O/c1-4-20-14-10(6-5-7-15-14)12-11-8-16-19(3)13(11)18-9(2)17-12/h5-8H,4H2,1-3H3. The molecule has 102 valence electrons. The Bertz CT molecular complexity index is 765. The Kier molecular flexibility index (Phi) is 3.06. The molecule has 3 heterocycles. The predicted octanol–water partition coefficient (Wildman–Crippen LogP) is 2.13. The first-order valence-corrected chi connectivity index (χ1v) is 6.45. The summed E-state index contributed by atoms with van der Waals surface area (Å²) in [6.45, 7) is 4.36. The van der Waals surface area contributed by atoms with Crippen molar-refractivity contribution in [2.75, 3.05) is 6.61 Å². The molecule has 0 bridgehead atoms. The van der Waals surface area contributed by atoms with Crippen LogP contribution in [0.3, 0.4) is 0 Å². The van der Waals surface area contributed by atoms with E-state index in [2.05, 4.69) is 20.1 Å². The van der Waals surface area contributed by atoms with Crippen LogP contribution in [0.2, 0.25) is 0 Å². The van der Waals surface area contributed by atoms with Crippen LogP contribution in [0.15, 0.2) is 24.5 Å². The topological polar surface area (TPSA) is 65.7 Å². The molecule has 20 heavy (non-hydrogen) atoms. The van der Waals surface area contributed by atoms with Crippen LogP contribution in [0.5, 0.6) is 5.88 Å². The van der Waals surface area contributed by atoms with E-state index >= 15 is 0 Å². The number of nitrogens with zero attached hydrogens (tertiary/aromatic N) is 5. The van der Waals surface area contributed by atoms with Crippen molar-refractivity contribution in [3.8, 4) is 17.1 Å². The Hall–Kier alpha value is -2.50. The van der Waals surface area contributed by atoms with Crippen LogP contribution >= 0.6 is 0 Å². The van der Waals surface area contributed by atoms with E-state index in [4.69, 9.17) is 4.74 Å². The fourth-order valence-electron chi connectivity index (χ4n) is 2.16. The summed E-state index contributed by atoms with van der Waals surface area (Å²) < 4.78 is 7.33. The molecule has 0 aliphatic carbocycles.